The minimum atomic E-state index is 0.645. The summed E-state index contributed by atoms with van der Waals surface area (Å²) in [5.41, 5.74) is 2.58. The van der Waals surface area contributed by atoms with Crippen LogP contribution in [0.4, 0.5) is 0 Å². The van der Waals surface area contributed by atoms with Gasteiger partial charge in [-0.05, 0) is 24.5 Å². The van der Waals surface area contributed by atoms with E-state index in [0.717, 1.165) is 6.42 Å². The molecule has 1 unspecified atom stereocenters. The normalized spacial score (nSPS) is 20.6. The van der Waals surface area contributed by atoms with E-state index >= 15 is 0 Å². The van der Waals surface area contributed by atoms with E-state index in [4.69, 9.17) is 0 Å². The predicted octanol–water partition coefficient (Wildman–Crippen LogP) is 2.99. The molecule has 1 aromatic heterocycles. The van der Waals surface area contributed by atoms with Gasteiger partial charge in [-0.3, -0.25) is 4.98 Å². The summed E-state index contributed by atoms with van der Waals surface area (Å²) in [7, 11) is 0. The Morgan fingerprint density at radius 1 is 1.58 bits per heavy atom. The van der Waals surface area contributed by atoms with Crippen molar-refractivity contribution in [1.29, 1.82) is 0 Å². The van der Waals surface area contributed by atoms with Crippen molar-refractivity contribution in [3.63, 3.8) is 0 Å². The molecule has 0 saturated heterocycles. The van der Waals surface area contributed by atoms with Crippen molar-refractivity contribution in [3.05, 3.63) is 35.7 Å². The van der Waals surface area contributed by atoms with E-state index in [-0.39, 0.29) is 0 Å². The molecule has 0 amide bonds. The summed E-state index contributed by atoms with van der Waals surface area (Å²) in [5.74, 6) is 0.645. The fourth-order valence-electron chi connectivity index (χ4n) is 1.74. The van der Waals surface area contributed by atoms with Gasteiger partial charge in [0.1, 0.15) is 0 Å². The van der Waals surface area contributed by atoms with E-state index in [1.807, 2.05) is 12.3 Å². The maximum absolute atomic E-state index is 4.42. The minimum Gasteiger partial charge on any atom is -0.260 e. The van der Waals surface area contributed by atoms with Gasteiger partial charge in [0.15, 0.2) is 0 Å². The highest BCUT2D eigenvalue weighted by atomic mass is 14.7. The van der Waals surface area contributed by atoms with Crippen molar-refractivity contribution in [3.8, 4) is 0 Å². The third-order valence-corrected chi connectivity index (χ3v) is 2.47. The monoisotopic (exact) mass is 159 g/mol. The molecule has 0 radical (unpaired) electrons. The average Bonchev–Trinajstić information content (AvgIpc) is 2.17. The van der Waals surface area contributed by atoms with Gasteiger partial charge in [-0.1, -0.05) is 25.1 Å². The second-order valence-corrected chi connectivity index (χ2v) is 3.22. The van der Waals surface area contributed by atoms with Gasteiger partial charge in [-0.2, -0.15) is 0 Å². The maximum Gasteiger partial charge on any atom is 0.0509 e. The van der Waals surface area contributed by atoms with E-state index in [9.17, 15) is 0 Å². The molecular weight excluding hydrogens is 146 g/mol. The second-order valence-electron chi connectivity index (χ2n) is 3.22. The van der Waals surface area contributed by atoms with E-state index in [0.29, 0.717) is 5.92 Å². The highest BCUT2D eigenvalue weighted by molar-refractivity contribution is 5.55. The van der Waals surface area contributed by atoms with Gasteiger partial charge < -0.3 is 0 Å². The first-order chi connectivity index (χ1) is 5.92. The Bertz CT molecular complexity index is 302. The summed E-state index contributed by atoms with van der Waals surface area (Å²) in [6, 6.07) is 4.14. The molecule has 0 aliphatic heterocycles. The second kappa shape index (κ2) is 3.10. The summed E-state index contributed by atoms with van der Waals surface area (Å²) < 4.78 is 0. The lowest BCUT2D eigenvalue weighted by Gasteiger charge is -2.18. The van der Waals surface area contributed by atoms with Gasteiger partial charge in [0.2, 0.25) is 0 Å². The molecule has 0 bridgehead atoms. The van der Waals surface area contributed by atoms with Crippen LogP contribution in [-0.2, 0) is 0 Å². The number of allylic oxidation sites excluding steroid dienone is 1. The summed E-state index contributed by atoms with van der Waals surface area (Å²) >= 11 is 0. The molecule has 1 heterocycles. The zero-order valence-electron chi connectivity index (χ0n) is 7.33. The SMILES string of the molecule is CCC1CC=Cc2cccnc21. The number of rotatable bonds is 1. The van der Waals surface area contributed by atoms with Gasteiger partial charge >= 0.3 is 0 Å². The van der Waals surface area contributed by atoms with E-state index in [1.54, 1.807) is 0 Å². The number of fused-ring (bicyclic) bond motifs is 1. The molecule has 0 N–H and O–H groups in total. The molecule has 62 valence electrons. The van der Waals surface area contributed by atoms with Crippen molar-refractivity contribution in [2.24, 2.45) is 0 Å². The van der Waals surface area contributed by atoms with E-state index in [2.05, 4.69) is 30.1 Å². The molecule has 1 atom stereocenters. The summed E-state index contributed by atoms with van der Waals surface area (Å²) in [6.45, 7) is 2.22. The molecule has 2 rings (SSSR count). The molecule has 1 aliphatic rings. The standard InChI is InChI=1S/C11H13N/c1-2-9-5-3-6-10-7-4-8-12-11(9)10/h3-4,6-9H,2,5H2,1H3. The Morgan fingerprint density at radius 2 is 2.50 bits per heavy atom. The summed E-state index contributed by atoms with van der Waals surface area (Å²) in [6.07, 6.45) is 8.65. The van der Waals surface area contributed by atoms with Crippen LogP contribution in [0, 0.1) is 0 Å². The van der Waals surface area contributed by atoms with Crippen LogP contribution in [0.1, 0.15) is 36.9 Å². The number of aromatic nitrogens is 1. The fourth-order valence-corrected chi connectivity index (χ4v) is 1.74. The van der Waals surface area contributed by atoms with Gasteiger partial charge in [-0.15, -0.1) is 0 Å². The zero-order valence-corrected chi connectivity index (χ0v) is 7.33. The smallest absolute Gasteiger partial charge is 0.0509 e. The molecule has 0 saturated carbocycles. The van der Waals surface area contributed by atoms with E-state index < -0.39 is 0 Å². The molecule has 0 aromatic carbocycles. The molecule has 12 heavy (non-hydrogen) atoms. The maximum atomic E-state index is 4.42. The Hall–Kier alpha value is -1.11. The third kappa shape index (κ3) is 1.15. The lowest BCUT2D eigenvalue weighted by molar-refractivity contribution is 0.647. The average molecular weight is 159 g/mol. The first-order valence-electron chi connectivity index (χ1n) is 4.53. The van der Waals surface area contributed by atoms with Crippen LogP contribution < -0.4 is 0 Å². The first-order valence-corrected chi connectivity index (χ1v) is 4.53. The van der Waals surface area contributed by atoms with E-state index in [1.165, 1.54) is 17.7 Å². The van der Waals surface area contributed by atoms with Crippen molar-refractivity contribution in [1.82, 2.24) is 4.98 Å². The molecule has 0 fully saturated rings. The van der Waals surface area contributed by atoms with Gasteiger partial charge in [0.05, 0.1) is 5.69 Å². The van der Waals surface area contributed by atoms with Crippen LogP contribution in [0.25, 0.3) is 6.08 Å². The van der Waals surface area contributed by atoms with Crippen LogP contribution in [-0.4, -0.2) is 4.98 Å². The lowest BCUT2D eigenvalue weighted by atomic mass is 9.90. The van der Waals surface area contributed by atoms with Gasteiger partial charge in [-0.25, -0.2) is 0 Å². The van der Waals surface area contributed by atoms with Crippen LogP contribution in [0.3, 0.4) is 0 Å². The van der Waals surface area contributed by atoms with Crippen molar-refractivity contribution >= 4 is 6.08 Å². The summed E-state index contributed by atoms with van der Waals surface area (Å²) in [4.78, 5) is 4.42. The third-order valence-electron chi connectivity index (χ3n) is 2.47. The van der Waals surface area contributed by atoms with Crippen molar-refractivity contribution in [2.45, 2.75) is 25.7 Å². The minimum absolute atomic E-state index is 0.645. The number of hydrogen-bond acceptors (Lipinski definition) is 1. The Morgan fingerprint density at radius 3 is 3.33 bits per heavy atom. The molecule has 0 spiro atoms. The van der Waals surface area contributed by atoms with Crippen LogP contribution in [0.2, 0.25) is 0 Å². The molecular formula is C11H13N. The number of hydrogen-bond donors (Lipinski definition) is 0. The quantitative estimate of drug-likeness (QED) is 0.613. The van der Waals surface area contributed by atoms with Crippen molar-refractivity contribution < 1.29 is 0 Å². The zero-order chi connectivity index (χ0) is 8.39. The Kier molecular flexibility index (Phi) is 1.94. The first kappa shape index (κ1) is 7.53. The topological polar surface area (TPSA) is 12.9 Å². The molecule has 1 nitrogen and oxygen atoms in total. The van der Waals surface area contributed by atoms with Gasteiger partial charge in [0.25, 0.3) is 0 Å². The Balaban J connectivity index is 2.45. The molecule has 1 aliphatic carbocycles. The summed E-state index contributed by atoms with van der Waals surface area (Å²) in [5, 5.41) is 0. The van der Waals surface area contributed by atoms with Gasteiger partial charge in [0, 0.05) is 12.1 Å². The fraction of sp³-hybridized carbons (Fsp3) is 0.364. The number of nitrogens with zero attached hydrogens (tertiary/aromatic N) is 1. The molecule has 1 aromatic rings. The predicted molar refractivity (Wildman–Crippen MR) is 50.9 cm³/mol. The van der Waals surface area contributed by atoms with Crippen molar-refractivity contribution in [2.75, 3.05) is 0 Å². The highest BCUT2D eigenvalue weighted by Crippen LogP contribution is 2.29. The van der Waals surface area contributed by atoms with Crippen LogP contribution in [0.15, 0.2) is 24.4 Å². The molecule has 1 heteroatoms. The lowest BCUT2D eigenvalue weighted by Crippen LogP contribution is -2.04. The highest BCUT2D eigenvalue weighted by Gasteiger charge is 2.15. The van der Waals surface area contributed by atoms with Crippen LogP contribution in [0.5, 0.6) is 0 Å². The number of pyridine rings is 1. The largest absolute Gasteiger partial charge is 0.260 e. The van der Waals surface area contributed by atoms with Crippen LogP contribution >= 0.6 is 0 Å². The Labute approximate surface area is 73.1 Å².